The number of rotatable bonds is 5. The van der Waals surface area contributed by atoms with E-state index in [1.54, 1.807) is 11.3 Å². The molecule has 164 valence electrons. The van der Waals surface area contributed by atoms with Crippen molar-refractivity contribution >= 4 is 22.9 Å². The summed E-state index contributed by atoms with van der Waals surface area (Å²) in [6, 6.07) is 7.59. The van der Waals surface area contributed by atoms with Crippen LogP contribution in [0.2, 0.25) is 0 Å². The summed E-state index contributed by atoms with van der Waals surface area (Å²) in [7, 11) is 0. The number of aromatic nitrogens is 3. The van der Waals surface area contributed by atoms with E-state index in [9.17, 15) is 4.79 Å². The number of carbonyl (C=O) groups is 1. The van der Waals surface area contributed by atoms with Gasteiger partial charge in [0.15, 0.2) is 0 Å². The molecule has 1 aliphatic rings. The SMILES string of the molecule is Cc1nc(CN2CCC(C(=O)Nc3ccc(-c4noc(C(C)(C)C)n4)cc3)CC2)cs1. The molecule has 0 aliphatic carbocycles. The maximum Gasteiger partial charge on any atom is 0.232 e. The Balaban J connectivity index is 1.29. The minimum absolute atomic E-state index is 0.0413. The molecule has 4 rings (SSSR count). The number of anilines is 1. The smallest absolute Gasteiger partial charge is 0.232 e. The van der Waals surface area contributed by atoms with Gasteiger partial charge < -0.3 is 9.84 Å². The van der Waals surface area contributed by atoms with Crippen molar-refractivity contribution in [1.82, 2.24) is 20.0 Å². The minimum atomic E-state index is -0.187. The van der Waals surface area contributed by atoms with Gasteiger partial charge in [-0.15, -0.1) is 11.3 Å². The summed E-state index contributed by atoms with van der Waals surface area (Å²) in [6.07, 6.45) is 1.73. The maximum absolute atomic E-state index is 12.7. The largest absolute Gasteiger partial charge is 0.338 e. The number of nitrogens with one attached hydrogen (secondary N) is 1. The van der Waals surface area contributed by atoms with E-state index in [-0.39, 0.29) is 17.2 Å². The predicted molar refractivity (Wildman–Crippen MR) is 122 cm³/mol. The van der Waals surface area contributed by atoms with Crippen molar-refractivity contribution in [2.45, 2.75) is 52.5 Å². The van der Waals surface area contributed by atoms with Crippen molar-refractivity contribution in [2.75, 3.05) is 18.4 Å². The molecule has 1 amide bonds. The van der Waals surface area contributed by atoms with Crippen molar-refractivity contribution in [2.24, 2.45) is 5.92 Å². The minimum Gasteiger partial charge on any atom is -0.338 e. The highest BCUT2D eigenvalue weighted by Gasteiger charge is 2.26. The van der Waals surface area contributed by atoms with Gasteiger partial charge in [0.05, 0.1) is 10.7 Å². The summed E-state index contributed by atoms with van der Waals surface area (Å²) < 4.78 is 5.37. The summed E-state index contributed by atoms with van der Waals surface area (Å²) in [5, 5.41) is 10.4. The molecule has 3 aromatic rings. The van der Waals surface area contributed by atoms with Crippen molar-refractivity contribution in [3.05, 3.63) is 46.2 Å². The highest BCUT2D eigenvalue weighted by molar-refractivity contribution is 7.09. The lowest BCUT2D eigenvalue weighted by molar-refractivity contribution is -0.121. The van der Waals surface area contributed by atoms with E-state index in [4.69, 9.17) is 4.52 Å². The van der Waals surface area contributed by atoms with E-state index in [0.717, 1.165) is 54.4 Å². The van der Waals surface area contributed by atoms with Gasteiger partial charge in [-0.3, -0.25) is 9.69 Å². The summed E-state index contributed by atoms with van der Waals surface area (Å²) in [4.78, 5) is 24.1. The molecule has 0 atom stereocenters. The van der Waals surface area contributed by atoms with E-state index in [1.807, 2.05) is 52.0 Å². The van der Waals surface area contributed by atoms with Crippen LogP contribution >= 0.6 is 11.3 Å². The lowest BCUT2D eigenvalue weighted by Crippen LogP contribution is -2.37. The van der Waals surface area contributed by atoms with Gasteiger partial charge in [-0.1, -0.05) is 25.9 Å². The standard InChI is InChI=1S/C23H29N5O2S/c1-15-24-19(14-31-15)13-28-11-9-17(10-12-28)21(29)25-18-7-5-16(6-8-18)20-26-22(30-27-20)23(2,3)4/h5-8,14,17H,9-13H2,1-4H3,(H,25,29). The van der Waals surface area contributed by atoms with Crippen molar-refractivity contribution in [3.8, 4) is 11.4 Å². The molecule has 1 N–H and O–H groups in total. The van der Waals surface area contributed by atoms with Gasteiger partial charge in [-0.25, -0.2) is 4.98 Å². The van der Waals surface area contributed by atoms with Crippen molar-refractivity contribution in [1.29, 1.82) is 0 Å². The first-order chi connectivity index (χ1) is 14.8. The lowest BCUT2D eigenvalue weighted by atomic mass is 9.95. The Morgan fingerprint density at radius 3 is 2.48 bits per heavy atom. The molecule has 31 heavy (non-hydrogen) atoms. The van der Waals surface area contributed by atoms with Crippen LogP contribution in [0.5, 0.6) is 0 Å². The molecule has 0 bridgehead atoms. The van der Waals surface area contributed by atoms with E-state index < -0.39 is 0 Å². The molecule has 0 unspecified atom stereocenters. The molecular formula is C23H29N5O2S. The average Bonchev–Trinajstić information content (AvgIpc) is 3.38. The number of amides is 1. The molecule has 7 nitrogen and oxygen atoms in total. The number of piperidine rings is 1. The number of nitrogens with zero attached hydrogens (tertiary/aromatic N) is 4. The number of likely N-dealkylation sites (tertiary alicyclic amines) is 1. The zero-order chi connectivity index (χ0) is 22.0. The fourth-order valence-electron chi connectivity index (χ4n) is 3.66. The molecule has 1 aromatic carbocycles. The number of thiazole rings is 1. The molecule has 1 aliphatic heterocycles. The predicted octanol–water partition coefficient (Wildman–Crippen LogP) is 4.65. The Morgan fingerprint density at radius 1 is 1.19 bits per heavy atom. The second-order valence-corrected chi connectivity index (χ2v) is 10.2. The maximum atomic E-state index is 12.7. The van der Waals surface area contributed by atoms with Gasteiger partial charge in [0, 0.05) is 34.5 Å². The number of hydrogen-bond acceptors (Lipinski definition) is 7. The molecular weight excluding hydrogens is 410 g/mol. The van der Waals surface area contributed by atoms with Gasteiger partial charge in [0.2, 0.25) is 17.6 Å². The molecule has 0 radical (unpaired) electrons. The Morgan fingerprint density at radius 2 is 1.90 bits per heavy atom. The second-order valence-electron chi connectivity index (χ2n) is 9.15. The van der Waals surface area contributed by atoms with Crippen molar-refractivity contribution in [3.63, 3.8) is 0 Å². The molecule has 0 saturated carbocycles. The fraction of sp³-hybridized carbons (Fsp3) is 0.478. The van der Waals surface area contributed by atoms with Gasteiger partial charge in [-0.2, -0.15) is 4.98 Å². The summed E-state index contributed by atoms with van der Waals surface area (Å²) in [5.74, 6) is 1.30. The van der Waals surface area contributed by atoms with E-state index >= 15 is 0 Å². The van der Waals surface area contributed by atoms with Gasteiger partial charge >= 0.3 is 0 Å². The number of benzene rings is 1. The van der Waals surface area contributed by atoms with Crippen LogP contribution in [0.1, 0.15) is 50.2 Å². The van der Waals surface area contributed by atoms with Crippen LogP contribution < -0.4 is 5.32 Å². The highest BCUT2D eigenvalue weighted by atomic mass is 32.1. The zero-order valence-corrected chi connectivity index (χ0v) is 19.3. The first-order valence-corrected chi connectivity index (χ1v) is 11.5. The van der Waals surface area contributed by atoms with Gasteiger partial charge in [-0.05, 0) is 57.1 Å². The third-order valence-electron chi connectivity index (χ3n) is 5.49. The van der Waals surface area contributed by atoms with Crippen LogP contribution in [0.25, 0.3) is 11.4 Å². The first kappa shape index (κ1) is 21.6. The van der Waals surface area contributed by atoms with Crippen LogP contribution in [0, 0.1) is 12.8 Å². The average molecular weight is 440 g/mol. The van der Waals surface area contributed by atoms with Gasteiger partial charge in [0.1, 0.15) is 0 Å². The molecule has 0 spiro atoms. The van der Waals surface area contributed by atoms with Crippen LogP contribution in [-0.2, 0) is 16.8 Å². The summed E-state index contributed by atoms with van der Waals surface area (Å²) in [5.41, 5.74) is 2.59. The highest BCUT2D eigenvalue weighted by Crippen LogP contribution is 2.25. The topological polar surface area (TPSA) is 84.2 Å². The molecule has 1 saturated heterocycles. The monoisotopic (exact) mass is 439 g/mol. The number of hydrogen-bond donors (Lipinski definition) is 1. The summed E-state index contributed by atoms with van der Waals surface area (Å²) >= 11 is 1.69. The van der Waals surface area contributed by atoms with Crippen LogP contribution in [0.4, 0.5) is 5.69 Å². The van der Waals surface area contributed by atoms with Crippen LogP contribution in [0.3, 0.4) is 0 Å². The Hall–Kier alpha value is -2.58. The Kier molecular flexibility index (Phi) is 6.20. The third kappa shape index (κ3) is 5.37. The number of carbonyl (C=O) groups excluding carboxylic acids is 1. The quantitative estimate of drug-likeness (QED) is 0.623. The van der Waals surface area contributed by atoms with E-state index in [2.05, 4.69) is 30.7 Å². The fourth-order valence-corrected chi connectivity index (χ4v) is 4.26. The Labute approximate surface area is 186 Å². The first-order valence-electron chi connectivity index (χ1n) is 10.7. The third-order valence-corrected chi connectivity index (χ3v) is 6.31. The molecule has 3 heterocycles. The van der Waals surface area contributed by atoms with Crippen LogP contribution in [-0.4, -0.2) is 39.0 Å². The molecule has 8 heteroatoms. The lowest BCUT2D eigenvalue weighted by Gasteiger charge is -2.30. The number of aryl methyl sites for hydroxylation is 1. The van der Waals surface area contributed by atoms with Crippen LogP contribution in [0.15, 0.2) is 34.2 Å². The summed E-state index contributed by atoms with van der Waals surface area (Å²) in [6.45, 7) is 10.8. The molecule has 1 fully saturated rings. The molecule has 2 aromatic heterocycles. The normalized spacial score (nSPS) is 15.9. The Bertz CT molecular complexity index is 1030. The zero-order valence-electron chi connectivity index (χ0n) is 18.5. The second kappa shape index (κ2) is 8.88. The van der Waals surface area contributed by atoms with E-state index in [1.165, 1.54) is 0 Å². The van der Waals surface area contributed by atoms with E-state index in [0.29, 0.717) is 11.7 Å². The van der Waals surface area contributed by atoms with Gasteiger partial charge in [0.25, 0.3) is 0 Å². The van der Waals surface area contributed by atoms with Crippen molar-refractivity contribution < 1.29 is 9.32 Å².